The van der Waals surface area contributed by atoms with Crippen LogP contribution in [0.15, 0.2) is 30.3 Å². The molecular weight excluding hydrogens is 222 g/mol. The van der Waals surface area contributed by atoms with Gasteiger partial charge in [0.15, 0.2) is 0 Å². The van der Waals surface area contributed by atoms with Crippen LogP contribution in [0.1, 0.15) is 25.3 Å². The van der Waals surface area contributed by atoms with Gasteiger partial charge in [-0.15, -0.1) is 11.6 Å². The molecule has 1 N–H and O–H groups in total. The maximum Gasteiger partial charge on any atom is 0.220 e. The molecule has 1 aromatic rings. The van der Waals surface area contributed by atoms with Gasteiger partial charge in [0, 0.05) is 18.3 Å². The van der Waals surface area contributed by atoms with Crippen LogP contribution in [0.3, 0.4) is 0 Å². The summed E-state index contributed by atoms with van der Waals surface area (Å²) in [5.74, 6) is 0.560. The first-order valence-corrected chi connectivity index (χ1v) is 6.19. The van der Waals surface area contributed by atoms with Gasteiger partial charge in [0.1, 0.15) is 0 Å². The van der Waals surface area contributed by atoms with E-state index in [0.29, 0.717) is 12.3 Å². The van der Waals surface area contributed by atoms with E-state index in [4.69, 9.17) is 11.6 Å². The first-order valence-electron chi connectivity index (χ1n) is 5.65. The molecule has 0 fully saturated rings. The Hall–Kier alpha value is -1.02. The molecule has 0 aliphatic heterocycles. The summed E-state index contributed by atoms with van der Waals surface area (Å²) in [6, 6.07) is 10.1. The minimum absolute atomic E-state index is 0.0800. The van der Waals surface area contributed by atoms with Gasteiger partial charge in [-0.2, -0.15) is 0 Å². The predicted octanol–water partition coefficient (Wildman–Crippen LogP) is 2.75. The van der Waals surface area contributed by atoms with Crippen molar-refractivity contribution < 1.29 is 4.79 Å². The molecule has 1 unspecified atom stereocenters. The number of alkyl halides is 1. The molecule has 2 nitrogen and oxygen atoms in total. The number of halogens is 1. The topological polar surface area (TPSA) is 29.1 Å². The first kappa shape index (κ1) is 13.0. The highest BCUT2D eigenvalue weighted by Crippen LogP contribution is 2.03. The zero-order valence-electron chi connectivity index (χ0n) is 9.58. The molecule has 0 aliphatic carbocycles. The lowest BCUT2D eigenvalue weighted by molar-refractivity contribution is -0.121. The predicted molar refractivity (Wildman–Crippen MR) is 67.7 cm³/mol. The second-order valence-electron chi connectivity index (χ2n) is 3.81. The van der Waals surface area contributed by atoms with Crippen molar-refractivity contribution in [2.24, 2.45) is 0 Å². The largest absolute Gasteiger partial charge is 0.352 e. The Morgan fingerprint density at radius 1 is 1.38 bits per heavy atom. The maximum absolute atomic E-state index is 11.6. The second-order valence-corrected chi connectivity index (χ2v) is 4.12. The van der Waals surface area contributed by atoms with Crippen LogP contribution in [0, 0.1) is 0 Å². The molecular formula is C13H18ClNO. The highest BCUT2D eigenvalue weighted by Gasteiger charge is 2.08. The summed E-state index contributed by atoms with van der Waals surface area (Å²) in [7, 11) is 0. The third kappa shape index (κ3) is 4.67. The van der Waals surface area contributed by atoms with Gasteiger partial charge in [0.25, 0.3) is 0 Å². The molecule has 0 aliphatic rings. The van der Waals surface area contributed by atoms with Gasteiger partial charge in [-0.1, -0.05) is 37.3 Å². The monoisotopic (exact) mass is 239 g/mol. The van der Waals surface area contributed by atoms with Crippen molar-refractivity contribution in [3.05, 3.63) is 35.9 Å². The van der Waals surface area contributed by atoms with Gasteiger partial charge >= 0.3 is 0 Å². The maximum atomic E-state index is 11.6. The van der Waals surface area contributed by atoms with E-state index in [9.17, 15) is 4.79 Å². The summed E-state index contributed by atoms with van der Waals surface area (Å²) in [6.07, 6.45) is 2.18. The summed E-state index contributed by atoms with van der Waals surface area (Å²) in [6.45, 7) is 2.02. The van der Waals surface area contributed by atoms with Crippen molar-refractivity contribution in [2.75, 3.05) is 5.88 Å². The van der Waals surface area contributed by atoms with Crippen molar-refractivity contribution in [3.8, 4) is 0 Å². The summed E-state index contributed by atoms with van der Waals surface area (Å²) >= 11 is 5.71. The van der Waals surface area contributed by atoms with Crippen LogP contribution in [0.25, 0.3) is 0 Å². The van der Waals surface area contributed by atoms with Crippen LogP contribution in [-0.4, -0.2) is 17.8 Å². The highest BCUT2D eigenvalue weighted by molar-refractivity contribution is 6.18. The van der Waals surface area contributed by atoms with Crippen LogP contribution in [-0.2, 0) is 11.2 Å². The number of benzene rings is 1. The third-order valence-corrected chi connectivity index (χ3v) is 2.90. The fourth-order valence-corrected chi connectivity index (χ4v) is 1.75. The van der Waals surface area contributed by atoms with E-state index < -0.39 is 0 Å². The van der Waals surface area contributed by atoms with E-state index in [0.717, 1.165) is 12.8 Å². The van der Waals surface area contributed by atoms with Crippen molar-refractivity contribution in [2.45, 2.75) is 32.2 Å². The molecule has 88 valence electrons. The summed E-state index contributed by atoms with van der Waals surface area (Å²) in [4.78, 5) is 11.6. The molecule has 1 rings (SSSR count). The molecule has 0 saturated carbocycles. The van der Waals surface area contributed by atoms with Crippen LogP contribution >= 0.6 is 11.6 Å². The van der Waals surface area contributed by atoms with Crippen molar-refractivity contribution >= 4 is 17.5 Å². The lowest BCUT2D eigenvalue weighted by atomic mass is 10.1. The fraction of sp³-hybridized carbons (Fsp3) is 0.462. The third-order valence-electron chi connectivity index (χ3n) is 2.53. The second kappa shape index (κ2) is 7.29. The quantitative estimate of drug-likeness (QED) is 0.760. The number of amides is 1. The highest BCUT2D eigenvalue weighted by atomic mass is 35.5. The number of aryl methyl sites for hydroxylation is 1. The molecule has 1 atom stereocenters. The lowest BCUT2D eigenvalue weighted by Crippen LogP contribution is -2.35. The number of carbonyl (C=O) groups excluding carboxylic acids is 1. The van der Waals surface area contributed by atoms with E-state index in [-0.39, 0.29) is 11.9 Å². The van der Waals surface area contributed by atoms with E-state index in [1.165, 1.54) is 5.56 Å². The zero-order chi connectivity index (χ0) is 11.8. The molecule has 1 aromatic carbocycles. The smallest absolute Gasteiger partial charge is 0.220 e. The minimum atomic E-state index is 0.0800. The summed E-state index contributed by atoms with van der Waals surface area (Å²) in [5.41, 5.74) is 1.19. The molecule has 0 saturated heterocycles. The Balaban J connectivity index is 2.30. The zero-order valence-corrected chi connectivity index (χ0v) is 10.3. The Kier molecular flexibility index (Phi) is 5.94. The minimum Gasteiger partial charge on any atom is -0.352 e. The number of hydrogen-bond donors (Lipinski definition) is 1. The molecule has 0 spiro atoms. The summed E-state index contributed by atoms with van der Waals surface area (Å²) in [5, 5.41) is 2.92. The number of nitrogens with one attached hydrogen (secondary N) is 1. The number of rotatable bonds is 6. The van der Waals surface area contributed by atoms with Gasteiger partial charge in [0.2, 0.25) is 5.91 Å². The SMILES string of the molecule is CCC(CCl)NC(=O)CCc1ccccc1. The van der Waals surface area contributed by atoms with Crippen molar-refractivity contribution in [1.82, 2.24) is 5.32 Å². The van der Waals surface area contributed by atoms with Crippen molar-refractivity contribution in [1.29, 1.82) is 0 Å². The lowest BCUT2D eigenvalue weighted by Gasteiger charge is -2.13. The van der Waals surface area contributed by atoms with Gasteiger partial charge < -0.3 is 5.32 Å². The van der Waals surface area contributed by atoms with Gasteiger partial charge in [-0.3, -0.25) is 4.79 Å². The van der Waals surface area contributed by atoms with Crippen LogP contribution in [0.2, 0.25) is 0 Å². The van der Waals surface area contributed by atoms with Crippen LogP contribution < -0.4 is 5.32 Å². The molecule has 3 heteroatoms. The van der Waals surface area contributed by atoms with Crippen LogP contribution in [0.5, 0.6) is 0 Å². The standard InChI is InChI=1S/C13H18ClNO/c1-2-12(10-14)15-13(16)9-8-11-6-4-3-5-7-11/h3-7,12H,2,8-10H2,1H3,(H,15,16). The first-order chi connectivity index (χ1) is 7.76. The van der Waals surface area contributed by atoms with E-state index in [2.05, 4.69) is 5.32 Å². The number of carbonyl (C=O) groups is 1. The van der Waals surface area contributed by atoms with Crippen LogP contribution in [0.4, 0.5) is 0 Å². The Morgan fingerprint density at radius 2 is 2.06 bits per heavy atom. The molecule has 0 heterocycles. The van der Waals surface area contributed by atoms with E-state index in [1.54, 1.807) is 0 Å². The van der Waals surface area contributed by atoms with Gasteiger partial charge in [-0.25, -0.2) is 0 Å². The Morgan fingerprint density at radius 3 is 2.62 bits per heavy atom. The van der Waals surface area contributed by atoms with Crippen molar-refractivity contribution in [3.63, 3.8) is 0 Å². The fourth-order valence-electron chi connectivity index (χ4n) is 1.45. The average molecular weight is 240 g/mol. The Bertz CT molecular complexity index is 309. The van der Waals surface area contributed by atoms with E-state index in [1.807, 2.05) is 37.3 Å². The van der Waals surface area contributed by atoms with Gasteiger partial charge in [-0.05, 0) is 18.4 Å². The molecule has 0 bridgehead atoms. The molecule has 1 amide bonds. The molecule has 16 heavy (non-hydrogen) atoms. The normalized spacial score (nSPS) is 12.1. The Labute approximate surface area is 102 Å². The van der Waals surface area contributed by atoms with Gasteiger partial charge in [0.05, 0.1) is 0 Å². The summed E-state index contributed by atoms with van der Waals surface area (Å²) < 4.78 is 0. The molecule has 0 radical (unpaired) electrons. The molecule has 0 aromatic heterocycles. The number of hydrogen-bond acceptors (Lipinski definition) is 1. The van der Waals surface area contributed by atoms with E-state index >= 15 is 0 Å². The average Bonchev–Trinajstić information content (AvgIpc) is 2.34.